The number of fused-ring (bicyclic) bond motifs is 1. The molecule has 0 bridgehead atoms. The van der Waals surface area contributed by atoms with Crippen LogP contribution < -0.4 is 0 Å². The molecule has 2 aliphatic heterocycles. The maximum absolute atomic E-state index is 11.6. The third kappa shape index (κ3) is 2.65. The SMILES string of the molecule is O=C(OCCO)N1CCN2CCCCC2C1. The van der Waals surface area contributed by atoms with Crippen LogP contribution in [0.2, 0.25) is 0 Å². The highest BCUT2D eigenvalue weighted by Gasteiger charge is 2.31. The molecule has 2 aliphatic rings. The van der Waals surface area contributed by atoms with Gasteiger partial charge in [0, 0.05) is 25.7 Å². The number of hydrogen-bond donors (Lipinski definition) is 1. The Hall–Kier alpha value is -0.810. The summed E-state index contributed by atoms with van der Waals surface area (Å²) < 4.78 is 4.93. The standard InChI is InChI=1S/C11H20N2O3/c14-7-8-16-11(15)13-6-5-12-4-2-1-3-10(12)9-13/h10,14H,1-9H2. The smallest absolute Gasteiger partial charge is 0.409 e. The molecule has 92 valence electrons. The van der Waals surface area contributed by atoms with Gasteiger partial charge in [-0.25, -0.2) is 4.79 Å². The molecule has 5 heteroatoms. The summed E-state index contributed by atoms with van der Waals surface area (Å²) in [6.45, 7) is 3.66. The number of amides is 1. The van der Waals surface area contributed by atoms with E-state index in [1.54, 1.807) is 4.90 Å². The molecule has 2 rings (SSSR count). The fraction of sp³-hybridized carbons (Fsp3) is 0.909. The Morgan fingerprint density at radius 3 is 3.00 bits per heavy atom. The van der Waals surface area contributed by atoms with Gasteiger partial charge in [-0.2, -0.15) is 0 Å². The second-order valence-electron chi connectivity index (χ2n) is 4.47. The second-order valence-corrected chi connectivity index (χ2v) is 4.47. The fourth-order valence-electron chi connectivity index (χ4n) is 2.55. The molecule has 0 aliphatic carbocycles. The van der Waals surface area contributed by atoms with Crippen LogP contribution in [0.5, 0.6) is 0 Å². The predicted molar refractivity (Wildman–Crippen MR) is 59.2 cm³/mol. The van der Waals surface area contributed by atoms with E-state index in [1.165, 1.54) is 25.8 Å². The Morgan fingerprint density at radius 1 is 1.31 bits per heavy atom. The summed E-state index contributed by atoms with van der Waals surface area (Å²) in [5.74, 6) is 0. The molecule has 1 unspecified atom stereocenters. The molecule has 2 saturated heterocycles. The summed E-state index contributed by atoms with van der Waals surface area (Å²) in [4.78, 5) is 15.8. The Kier molecular flexibility index (Phi) is 4.01. The molecular weight excluding hydrogens is 208 g/mol. The van der Waals surface area contributed by atoms with E-state index >= 15 is 0 Å². The number of piperazine rings is 1. The van der Waals surface area contributed by atoms with E-state index in [0.717, 1.165) is 19.6 Å². The number of hydrogen-bond acceptors (Lipinski definition) is 4. The van der Waals surface area contributed by atoms with E-state index in [1.807, 2.05) is 0 Å². The molecule has 16 heavy (non-hydrogen) atoms. The van der Waals surface area contributed by atoms with E-state index in [4.69, 9.17) is 9.84 Å². The lowest BCUT2D eigenvalue weighted by atomic mass is 10.00. The van der Waals surface area contributed by atoms with E-state index < -0.39 is 0 Å². The number of nitrogens with zero attached hydrogens (tertiary/aromatic N) is 2. The molecule has 0 aromatic heterocycles. The molecule has 5 nitrogen and oxygen atoms in total. The highest BCUT2D eigenvalue weighted by atomic mass is 16.6. The summed E-state index contributed by atoms with van der Waals surface area (Å²) in [5.41, 5.74) is 0. The Balaban J connectivity index is 1.82. The van der Waals surface area contributed by atoms with Crippen molar-refractivity contribution in [2.45, 2.75) is 25.3 Å². The summed E-state index contributed by atoms with van der Waals surface area (Å²) in [7, 11) is 0. The van der Waals surface area contributed by atoms with Gasteiger partial charge in [-0.15, -0.1) is 0 Å². The zero-order valence-corrected chi connectivity index (χ0v) is 9.60. The molecule has 1 amide bonds. The van der Waals surface area contributed by atoms with Crippen molar-refractivity contribution < 1.29 is 14.6 Å². The van der Waals surface area contributed by atoms with Crippen LogP contribution in [-0.4, -0.2) is 66.4 Å². The monoisotopic (exact) mass is 228 g/mol. The summed E-state index contributed by atoms with van der Waals surface area (Å²) in [6.07, 6.45) is 3.45. The van der Waals surface area contributed by atoms with E-state index in [9.17, 15) is 4.79 Å². The van der Waals surface area contributed by atoms with Gasteiger partial charge in [0.1, 0.15) is 6.61 Å². The normalized spacial score (nSPS) is 26.3. The third-order valence-electron chi connectivity index (χ3n) is 3.41. The van der Waals surface area contributed by atoms with Gasteiger partial charge < -0.3 is 14.7 Å². The lowest BCUT2D eigenvalue weighted by Crippen LogP contribution is -2.56. The molecule has 0 saturated carbocycles. The Labute approximate surface area is 96.0 Å². The van der Waals surface area contributed by atoms with Crippen LogP contribution in [0.4, 0.5) is 4.79 Å². The number of ether oxygens (including phenoxy) is 1. The van der Waals surface area contributed by atoms with Gasteiger partial charge in [0.25, 0.3) is 0 Å². The van der Waals surface area contributed by atoms with Crippen LogP contribution in [0, 0.1) is 0 Å². The molecule has 2 heterocycles. The van der Waals surface area contributed by atoms with E-state index in [0.29, 0.717) is 6.04 Å². The molecule has 1 atom stereocenters. The van der Waals surface area contributed by atoms with Crippen LogP contribution in [0.15, 0.2) is 0 Å². The third-order valence-corrected chi connectivity index (χ3v) is 3.41. The first-order chi connectivity index (χ1) is 7.81. The Bertz CT molecular complexity index is 247. The first-order valence-corrected chi connectivity index (χ1v) is 6.08. The zero-order valence-electron chi connectivity index (χ0n) is 9.60. The van der Waals surface area contributed by atoms with Gasteiger partial charge in [-0.1, -0.05) is 6.42 Å². The highest BCUT2D eigenvalue weighted by Crippen LogP contribution is 2.21. The minimum absolute atomic E-state index is 0.101. The van der Waals surface area contributed by atoms with Gasteiger partial charge in [-0.3, -0.25) is 4.90 Å². The minimum Gasteiger partial charge on any atom is -0.447 e. The van der Waals surface area contributed by atoms with Gasteiger partial charge >= 0.3 is 6.09 Å². The van der Waals surface area contributed by atoms with Crippen LogP contribution in [-0.2, 0) is 4.74 Å². The van der Waals surface area contributed by atoms with Crippen molar-refractivity contribution in [2.75, 3.05) is 39.4 Å². The maximum atomic E-state index is 11.6. The van der Waals surface area contributed by atoms with Crippen LogP contribution >= 0.6 is 0 Å². The van der Waals surface area contributed by atoms with Gasteiger partial charge in [0.05, 0.1) is 6.61 Å². The van der Waals surface area contributed by atoms with E-state index in [-0.39, 0.29) is 19.3 Å². The quantitative estimate of drug-likeness (QED) is 0.738. The van der Waals surface area contributed by atoms with Gasteiger partial charge in [-0.05, 0) is 19.4 Å². The predicted octanol–water partition coefficient (Wildman–Crippen LogP) is 0.285. The largest absolute Gasteiger partial charge is 0.447 e. The number of aliphatic hydroxyl groups excluding tert-OH is 1. The first-order valence-electron chi connectivity index (χ1n) is 6.08. The minimum atomic E-state index is -0.278. The average Bonchev–Trinajstić information content (AvgIpc) is 2.35. The first kappa shape index (κ1) is 11.7. The average molecular weight is 228 g/mol. The van der Waals surface area contributed by atoms with Gasteiger partial charge in [0.15, 0.2) is 0 Å². The topological polar surface area (TPSA) is 53.0 Å². The number of aliphatic hydroxyl groups is 1. The summed E-state index contributed by atoms with van der Waals surface area (Å²) in [5, 5.41) is 8.60. The van der Waals surface area contributed by atoms with Crippen molar-refractivity contribution in [3.05, 3.63) is 0 Å². The van der Waals surface area contributed by atoms with Crippen LogP contribution in [0.25, 0.3) is 0 Å². The maximum Gasteiger partial charge on any atom is 0.409 e. The highest BCUT2D eigenvalue weighted by molar-refractivity contribution is 5.67. The van der Waals surface area contributed by atoms with Crippen molar-refractivity contribution in [2.24, 2.45) is 0 Å². The second kappa shape index (κ2) is 5.50. The van der Waals surface area contributed by atoms with Crippen molar-refractivity contribution in [3.8, 4) is 0 Å². The molecular formula is C11H20N2O3. The molecule has 2 fully saturated rings. The summed E-state index contributed by atoms with van der Waals surface area (Å²) >= 11 is 0. The molecule has 0 spiro atoms. The summed E-state index contributed by atoms with van der Waals surface area (Å²) in [6, 6.07) is 0.518. The van der Waals surface area contributed by atoms with E-state index in [2.05, 4.69) is 4.90 Å². The lowest BCUT2D eigenvalue weighted by molar-refractivity contribution is 0.0305. The van der Waals surface area contributed by atoms with Gasteiger partial charge in [0.2, 0.25) is 0 Å². The van der Waals surface area contributed by atoms with Crippen molar-refractivity contribution in [1.29, 1.82) is 0 Å². The van der Waals surface area contributed by atoms with Crippen molar-refractivity contribution >= 4 is 6.09 Å². The van der Waals surface area contributed by atoms with Crippen LogP contribution in [0.1, 0.15) is 19.3 Å². The number of carbonyl (C=O) groups excluding carboxylic acids is 1. The fourth-order valence-corrected chi connectivity index (χ4v) is 2.55. The van der Waals surface area contributed by atoms with Crippen molar-refractivity contribution in [3.63, 3.8) is 0 Å². The Morgan fingerprint density at radius 2 is 2.19 bits per heavy atom. The molecule has 0 radical (unpaired) electrons. The molecule has 0 aromatic rings. The van der Waals surface area contributed by atoms with Crippen molar-refractivity contribution in [1.82, 2.24) is 9.80 Å². The lowest BCUT2D eigenvalue weighted by Gasteiger charge is -2.43. The molecule has 1 N–H and O–H groups in total. The zero-order chi connectivity index (χ0) is 11.4. The van der Waals surface area contributed by atoms with Crippen LogP contribution in [0.3, 0.4) is 0 Å². The number of carbonyl (C=O) groups is 1. The number of rotatable bonds is 2. The molecule has 0 aromatic carbocycles. The number of piperidine rings is 1.